The zero-order valence-corrected chi connectivity index (χ0v) is 18.3. The van der Waals surface area contributed by atoms with Crippen molar-refractivity contribution < 1.29 is 28.6 Å². The predicted molar refractivity (Wildman–Crippen MR) is 116 cm³/mol. The number of benzene rings is 1. The van der Waals surface area contributed by atoms with E-state index in [9.17, 15) is 14.4 Å². The summed E-state index contributed by atoms with van der Waals surface area (Å²) in [6.45, 7) is 5.43. The number of aryl methyl sites for hydroxylation is 1. The molecule has 1 amide bonds. The molecule has 2 aliphatic rings. The number of nitrogens with zero attached hydrogens (tertiary/aromatic N) is 2. The summed E-state index contributed by atoms with van der Waals surface area (Å²) in [6, 6.07) is 7.46. The number of fused-ring (bicyclic) bond motifs is 1. The molecule has 164 valence electrons. The molecular weight excluding hydrogens is 420 g/mol. The highest BCUT2D eigenvalue weighted by atomic mass is 32.2. The van der Waals surface area contributed by atoms with Gasteiger partial charge in [-0.25, -0.2) is 0 Å². The second-order valence-electron chi connectivity index (χ2n) is 7.38. The van der Waals surface area contributed by atoms with Crippen molar-refractivity contribution in [2.45, 2.75) is 20.3 Å². The monoisotopic (exact) mass is 444 g/mol. The topological polar surface area (TPSA) is 87.1 Å². The summed E-state index contributed by atoms with van der Waals surface area (Å²) in [4.78, 5) is 37.9. The van der Waals surface area contributed by atoms with Crippen LogP contribution in [0.15, 0.2) is 24.3 Å². The Bertz CT molecular complexity index is 1030. The van der Waals surface area contributed by atoms with Crippen molar-refractivity contribution in [3.05, 3.63) is 41.2 Å². The van der Waals surface area contributed by atoms with Gasteiger partial charge >= 0.3 is 5.97 Å². The van der Waals surface area contributed by atoms with E-state index in [0.717, 1.165) is 22.8 Å². The Morgan fingerprint density at radius 1 is 1.13 bits per heavy atom. The molecule has 0 atom stereocenters. The number of thioether (sulfide) groups is 1. The number of aromatic nitrogens is 1. The molecular formula is C22H24N2O6S. The van der Waals surface area contributed by atoms with E-state index in [-0.39, 0.29) is 24.1 Å². The third kappa shape index (κ3) is 4.56. The molecule has 1 fully saturated rings. The Balaban J connectivity index is 1.40. The van der Waals surface area contributed by atoms with Crippen LogP contribution in [0, 0.1) is 13.8 Å². The van der Waals surface area contributed by atoms with Crippen molar-refractivity contribution in [3.63, 3.8) is 0 Å². The second kappa shape index (κ2) is 9.05. The lowest BCUT2D eigenvalue weighted by atomic mass is 10.1. The second-order valence-corrected chi connectivity index (χ2v) is 8.43. The lowest BCUT2D eigenvalue weighted by Crippen LogP contribution is -2.27. The number of carbonyl (C=O) groups is 3. The summed E-state index contributed by atoms with van der Waals surface area (Å²) >= 11 is 1.25. The molecule has 0 unspecified atom stereocenters. The van der Waals surface area contributed by atoms with Gasteiger partial charge in [-0.05, 0) is 32.0 Å². The van der Waals surface area contributed by atoms with Crippen LogP contribution in [0.4, 0.5) is 4.79 Å². The minimum absolute atomic E-state index is 0.0181. The van der Waals surface area contributed by atoms with Gasteiger partial charge in [0.15, 0.2) is 18.1 Å². The molecule has 9 heteroatoms. The number of amides is 1. The number of rotatable bonds is 7. The van der Waals surface area contributed by atoms with Crippen molar-refractivity contribution in [1.82, 2.24) is 9.47 Å². The van der Waals surface area contributed by atoms with Crippen molar-refractivity contribution in [2.75, 3.05) is 38.7 Å². The van der Waals surface area contributed by atoms with Gasteiger partial charge in [0.1, 0.15) is 13.2 Å². The molecule has 1 saturated heterocycles. The van der Waals surface area contributed by atoms with Crippen LogP contribution in [0.2, 0.25) is 0 Å². The minimum atomic E-state index is -0.487. The summed E-state index contributed by atoms with van der Waals surface area (Å²) < 4.78 is 18.4. The Morgan fingerprint density at radius 3 is 2.65 bits per heavy atom. The first-order valence-corrected chi connectivity index (χ1v) is 11.1. The normalized spacial score (nSPS) is 15.3. The number of ketones is 1. The van der Waals surface area contributed by atoms with Gasteiger partial charge in [-0.15, -0.1) is 0 Å². The van der Waals surface area contributed by atoms with Crippen LogP contribution >= 0.6 is 11.8 Å². The number of Topliss-reactive ketones (excluding diaryl/α,β-unsaturated/α-hetero) is 1. The molecule has 0 saturated carbocycles. The molecule has 3 heterocycles. The van der Waals surface area contributed by atoms with Gasteiger partial charge in [-0.2, -0.15) is 0 Å². The average molecular weight is 445 g/mol. The molecule has 4 rings (SSSR count). The lowest BCUT2D eigenvalue weighted by molar-refractivity contribution is -0.142. The Hall–Kier alpha value is -2.94. The number of ether oxygens (including phenoxy) is 3. The zero-order valence-electron chi connectivity index (χ0n) is 17.5. The van der Waals surface area contributed by atoms with E-state index in [1.165, 1.54) is 11.8 Å². The van der Waals surface area contributed by atoms with E-state index in [1.54, 1.807) is 11.0 Å². The third-order valence-corrected chi connectivity index (χ3v) is 6.20. The summed E-state index contributed by atoms with van der Waals surface area (Å²) in [5.74, 6) is 1.37. The summed E-state index contributed by atoms with van der Waals surface area (Å²) in [5, 5.41) is -0.0181. The van der Waals surface area contributed by atoms with Crippen LogP contribution in [-0.2, 0) is 9.53 Å². The predicted octanol–water partition coefficient (Wildman–Crippen LogP) is 3.15. The van der Waals surface area contributed by atoms with Crippen LogP contribution in [0.3, 0.4) is 0 Å². The van der Waals surface area contributed by atoms with Gasteiger partial charge in [-0.3, -0.25) is 14.4 Å². The van der Waals surface area contributed by atoms with Gasteiger partial charge in [0.05, 0.1) is 6.42 Å². The van der Waals surface area contributed by atoms with E-state index >= 15 is 0 Å². The summed E-state index contributed by atoms with van der Waals surface area (Å²) in [7, 11) is 0. The number of hydrogen-bond donors (Lipinski definition) is 0. The molecule has 1 aromatic heterocycles. The van der Waals surface area contributed by atoms with Crippen molar-refractivity contribution in [2.24, 2.45) is 0 Å². The molecule has 31 heavy (non-hydrogen) atoms. The average Bonchev–Trinajstić information content (AvgIpc) is 3.31. The maximum Gasteiger partial charge on any atom is 0.308 e. The van der Waals surface area contributed by atoms with Crippen LogP contribution in [0.1, 0.15) is 28.2 Å². The molecule has 2 aromatic rings. The molecule has 0 spiro atoms. The molecule has 0 aliphatic carbocycles. The molecule has 0 bridgehead atoms. The number of hydrogen-bond acceptors (Lipinski definition) is 7. The van der Waals surface area contributed by atoms with E-state index < -0.39 is 5.97 Å². The maximum atomic E-state index is 12.7. The van der Waals surface area contributed by atoms with Gasteiger partial charge in [-0.1, -0.05) is 11.8 Å². The van der Waals surface area contributed by atoms with Gasteiger partial charge < -0.3 is 23.7 Å². The van der Waals surface area contributed by atoms with E-state index in [0.29, 0.717) is 43.4 Å². The quantitative estimate of drug-likeness (QED) is 0.479. The van der Waals surface area contributed by atoms with Crippen LogP contribution < -0.4 is 9.47 Å². The standard InChI is InChI=1S/C22H24N2O6S/c1-14-11-17(18(25)13-30-21(26)5-6-23-7-10-31-22(23)27)15(2)24(14)16-3-4-19-20(12-16)29-9-8-28-19/h3-4,11-12H,5-10,13H2,1-2H3. The van der Waals surface area contributed by atoms with E-state index in [2.05, 4.69) is 0 Å². The van der Waals surface area contributed by atoms with E-state index in [1.807, 2.05) is 36.6 Å². The smallest absolute Gasteiger partial charge is 0.308 e. The van der Waals surface area contributed by atoms with Crippen LogP contribution in [0.25, 0.3) is 5.69 Å². The fourth-order valence-corrected chi connectivity index (χ4v) is 4.62. The molecule has 8 nitrogen and oxygen atoms in total. The van der Waals surface area contributed by atoms with Crippen molar-refractivity contribution in [3.8, 4) is 17.2 Å². The first-order valence-electron chi connectivity index (χ1n) is 10.1. The first kappa shape index (κ1) is 21.3. The summed E-state index contributed by atoms with van der Waals surface area (Å²) in [5.41, 5.74) is 3.01. The van der Waals surface area contributed by atoms with E-state index in [4.69, 9.17) is 14.2 Å². The minimum Gasteiger partial charge on any atom is -0.486 e. The molecule has 1 aromatic carbocycles. The van der Waals surface area contributed by atoms with Gasteiger partial charge in [0.25, 0.3) is 5.24 Å². The highest BCUT2D eigenvalue weighted by Gasteiger charge is 2.23. The number of carbonyl (C=O) groups excluding carboxylic acids is 3. The first-order chi connectivity index (χ1) is 14.9. The Morgan fingerprint density at radius 2 is 1.90 bits per heavy atom. The third-order valence-electron chi connectivity index (χ3n) is 5.31. The SMILES string of the molecule is Cc1cc(C(=O)COC(=O)CCN2CCSC2=O)c(C)n1-c1ccc2c(c1)OCCO2. The molecule has 2 aliphatic heterocycles. The lowest BCUT2D eigenvalue weighted by Gasteiger charge is -2.20. The highest BCUT2D eigenvalue weighted by Crippen LogP contribution is 2.33. The molecule has 0 N–H and O–H groups in total. The zero-order chi connectivity index (χ0) is 22.0. The largest absolute Gasteiger partial charge is 0.486 e. The van der Waals surface area contributed by atoms with Crippen LogP contribution in [0.5, 0.6) is 11.5 Å². The fraction of sp³-hybridized carbons (Fsp3) is 0.409. The van der Waals surface area contributed by atoms with Crippen molar-refractivity contribution >= 4 is 28.8 Å². The van der Waals surface area contributed by atoms with Gasteiger partial charge in [0.2, 0.25) is 5.78 Å². The fourth-order valence-electron chi connectivity index (χ4n) is 3.76. The maximum absolute atomic E-state index is 12.7. The van der Waals surface area contributed by atoms with Crippen LogP contribution in [-0.4, -0.2) is 65.1 Å². The van der Waals surface area contributed by atoms with Crippen molar-refractivity contribution in [1.29, 1.82) is 0 Å². The highest BCUT2D eigenvalue weighted by molar-refractivity contribution is 8.13. The Labute approximate surface area is 184 Å². The van der Waals surface area contributed by atoms with Gasteiger partial charge in [0, 0.05) is 47.5 Å². The summed E-state index contributed by atoms with van der Waals surface area (Å²) in [6.07, 6.45) is 0.0792. The Kier molecular flexibility index (Phi) is 6.22. The number of esters is 1. The molecule has 0 radical (unpaired) electrons.